The highest BCUT2D eigenvalue weighted by Crippen LogP contribution is 2.06. The number of ether oxygens (including phenoxy) is 1. The molecule has 1 aromatic rings. The lowest BCUT2D eigenvalue weighted by atomic mass is 10.2. The van der Waals surface area contributed by atoms with Gasteiger partial charge in [-0.05, 0) is 6.92 Å². The molecular weight excluding hydrogens is 230 g/mol. The average molecular weight is 247 g/mol. The molecule has 1 aromatic heterocycles. The molecule has 17 heavy (non-hydrogen) atoms. The van der Waals surface area contributed by atoms with Crippen molar-refractivity contribution in [3.63, 3.8) is 0 Å². The van der Waals surface area contributed by atoms with E-state index >= 15 is 0 Å². The molecule has 1 rings (SSSR count). The standard InChI is InChI=1S/C9H17N3O5/c1-6(14)8(5-13)17-9(16)7(15)4-12-3-2-10-11-12/h2-3,6-9,13-16H,4-5H2,1H3/t6-,7+,8?,9?/m1/s1. The highest BCUT2D eigenvalue weighted by molar-refractivity contribution is 4.70. The molecule has 0 aliphatic carbocycles. The Morgan fingerprint density at radius 1 is 1.35 bits per heavy atom. The molecule has 0 amide bonds. The van der Waals surface area contributed by atoms with E-state index in [-0.39, 0.29) is 6.54 Å². The Morgan fingerprint density at radius 2 is 2.06 bits per heavy atom. The van der Waals surface area contributed by atoms with Crippen molar-refractivity contribution in [1.29, 1.82) is 0 Å². The molecule has 0 aliphatic rings. The number of aliphatic hydroxyl groups excluding tert-OH is 4. The first-order valence-corrected chi connectivity index (χ1v) is 5.19. The zero-order valence-electron chi connectivity index (χ0n) is 9.42. The fraction of sp³-hybridized carbons (Fsp3) is 0.778. The summed E-state index contributed by atoms with van der Waals surface area (Å²) < 4.78 is 6.24. The second kappa shape index (κ2) is 6.62. The van der Waals surface area contributed by atoms with Crippen LogP contribution in [0.4, 0.5) is 0 Å². The second-order valence-corrected chi connectivity index (χ2v) is 3.68. The van der Waals surface area contributed by atoms with Gasteiger partial charge in [-0.15, -0.1) is 5.10 Å². The average Bonchev–Trinajstić information content (AvgIpc) is 2.77. The number of hydrogen-bond donors (Lipinski definition) is 4. The fourth-order valence-electron chi connectivity index (χ4n) is 1.19. The van der Waals surface area contributed by atoms with Crippen LogP contribution in [-0.4, -0.2) is 66.6 Å². The third kappa shape index (κ3) is 4.36. The summed E-state index contributed by atoms with van der Waals surface area (Å²) in [5.74, 6) is 0. The van der Waals surface area contributed by atoms with E-state index in [9.17, 15) is 15.3 Å². The van der Waals surface area contributed by atoms with Crippen LogP contribution in [-0.2, 0) is 11.3 Å². The number of aliphatic hydroxyl groups is 4. The number of nitrogens with zero attached hydrogens (tertiary/aromatic N) is 3. The smallest absolute Gasteiger partial charge is 0.183 e. The van der Waals surface area contributed by atoms with Crippen molar-refractivity contribution in [2.24, 2.45) is 0 Å². The van der Waals surface area contributed by atoms with Crippen molar-refractivity contribution < 1.29 is 25.2 Å². The van der Waals surface area contributed by atoms with Gasteiger partial charge in [-0.1, -0.05) is 5.21 Å². The molecular formula is C9H17N3O5. The maximum absolute atomic E-state index is 9.59. The summed E-state index contributed by atoms with van der Waals surface area (Å²) in [4.78, 5) is 0. The molecule has 1 heterocycles. The van der Waals surface area contributed by atoms with E-state index in [0.29, 0.717) is 0 Å². The van der Waals surface area contributed by atoms with Crippen molar-refractivity contribution in [1.82, 2.24) is 15.0 Å². The first-order valence-electron chi connectivity index (χ1n) is 5.19. The predicted octanol–water partition coefficient (Wildman–Crippen LogP) is -2.28. The topological polar surface area (TPSA) is 121 Å². The van der Waals surface area contributed by atoms with E-state index in [4.69, 9.17) is 9.84 Å². The number of aromatic nitrogens is 3. The summed E-state index contributed by atoms with van der Waals surface area (Å²) >= 11 is 0. The fourth-order valence-corrected chi connectivity index (χ4v) is 1.19. The van der Waals surface area contributed by atoms with Crippen LogP contribution in [0.25, 0.3) is 0 Å². The van der Waals surface area contributed by atoms with Crippen molar-refractivity contribution in [3.8, 4) is 0 Å². The molecule has 4 atom stereocenters. The minimum absolute atomic E-state index is 0.000868. The summed E-state index contributed by atoms with van der Waals surface area (Å²) in [7, 11) is 0. The lowest BCUT2D eigenvalue weighted by Crippen LogP contribution is -2.40. The van der Waals surface area contributed by atoms with Crippen molar-refractivity contribution in [2.75, 3.05) is 6.61 Å². The third-order valence-electron chi connectivity index (χ3n) is 2.21. The highest BCUT2D eigenvalue weighted by atomic mass is 16.6. The molecule has 2 unspecified atom stereocenters. The summed E-state index contributed by atoms with van der Waals surface area (Å²) in [6.45, 7) is 0.960. The van der Waals surface area contributed by atoms with E-state index in [1.54, 1.807) is 0 Å². The minimum Gasteiger partial charge on any atom is -0.394 e. The van der Waals surface area contributed by atoms with Gasteiger partial charge in [-0.2, -0.15) is 0 Å². The first-order chi connectivity index (χ1) is 8.04. The summed E-state index contributed by atoms with van der Waals surface area (Å²) in [6.07, 6.45) is -1.69. The van der Waals surface area contributed by atoms with E-state index in [0.717, 1.165) is 0 Å². The Morgan fingerprint density at radius 3 is 2.53 bits per heavy atom. The molecule has 0 aliphatic heterocycles. The lowest BCUT2D eigenvalue weighted by molar-refractivity contribution is -0.214. The van der Waals surface area contributed by atoms with Crippen molar-refractivity contribution in [2.45, 2.75) is 38.1 Å². The van der Waals surface area contributed by atoms with Gasteiger partial charge in [-0.25, -0.2) is 4.68 Å². The molecule has 0 fully saturated rings. The molecule has 8 nitrogen and oxygen atoms in total. The van der Waals surface area contributed by atoms with Gasteiger partial charge in [0, 0.05) is 6.20 Å². The maximum Gasteiger partial charge on any atom is 0.183 e. The zero-order valence-corrected chi connectivity index (χ0v) is 9.42. The Kier molecular flexibility index (Phi) is 5.45. The molecule has 8 heteroatoms. The molecule has 0 bridgehead atoms. The Balaban J connectivity index is 2.43. The van der Waals surface area contributed by atoms with Crippen LogP contribution in [0.1, 0.15) is 6.92 Å². The van der Waals surface area contributed by atoms with E-state index < -0.39 is 31.2 Å². The molecule has 98 valence electrons. The van der Waals surface area contributed by atoms with Crippen LogP contribution in [0.15, 0.2) is 12.4 Å². The van der Waals surface area contributed by atoms with Crippen LogP contribution in [0.2, 0.25) is 0 Å². The van der Waals surface area contributed by atoms with E-state index in [2.05, 4.69) is 10.3 Å². The molecule has 0 saturated heterocycles. The number of hydrogen-bond acceptors (Lipinski definition) is 7. The predicted molar refractivity (Wildman–Crippen MR) is 55.7 cm³/mol. The monoisotopic (exact) mass is 247 g/mol. The quantitative estimate of drug-likeness (QED) is 0.400. The van der Waals surface area contributed by atoms with Gasteiger partial charge >= 0.3 is 0 Å². The van der Waals surface area contributed by atoms with E-state index in [1.165, 1.54) is 24.0 Å². The Bertz CT molecular complexity index is 306. The normalized spacial score (nSPS) is 18.6. The van der Waals surface area contributed by atoms with Crippen molar-refractivity contribution in [3.05, 3.63) is 12.4 Å². The van der Waals surface area contributed by atoms with Gasteiger partial charge < -0.3 is 25.2 Å². The molecule has 0 saturated carbocycles. The van der Waals surface area contributed by atoms with Gasteiger partial charge in [0.05, 0.1) is 25.5 Å². The lowest BCUT2D eigenvalue weighted by Gasteiger charge is -2.24. The van der Waals surface area contributed by atoms with Crippen LogP contribution < -0.4 is 0 Å². The first kappa shape index (κ1) is 14.0. The summed E-state index contributed by atoms with van der Waals surface area (Å²) in [5.41, 5.74) is 0. The minimum atomic E-state index is -1.52. The summed E-state index contributed by atoms with van der Waals surface area (Å²) in [6, 6.07) is 0. The molecule has 0 radical (unpaired) electrons. The Hall–Kier alpha value is -1.06. The van der Waals surface area contributed by atoms with Crippen LogP contribution in [0.5, 0.6) is 0 Å². The molecule has 0 spiro atoms. The summed E-state index contributed by atoms with van der Waals surface area (Å²) in [5, 5.41) is 44.3. The van der Waals surface area contributed by atoms with Crippen molar-refractivity contribution >= 4 is 0 Å². The molecule has 0 aromatic carbocycles. The van der Waals surface area contributed by atoms with Crippen LogP contribution in [0.3, 0.4) is 0 Å². The van der Waals surface area contributed by atoms with Gasteiger partial charge in [-0.3, -0.25) is 0 Å². The maximum atomic E-state index is 9.59. The highest BCUT2D eigenvalue weighted by Gasteiger charge is 2.24. The van der Waals surface area contributed by atoms with Gasteiger partial charge in [0.2, 0.25) is 0 Å². The SMILES string of the molecule is C[C@@H](O)C(CO)OC(O)[C@@H](O)Cn1ccnn1. The molecule has 4 N–H and O–H groups in total. The Labute approximate surface area is 98.1 Å². The number of rotatable bonds is 7. The van der Waals surface area contributed by atoms with Crippen LogP contribution >= 0.6 is 0 Å². The third-order valence-corrected chi connectivity index (χ3v) is 2.21. The largest absolute Gasteiger partial charge is 0.394 e. The van der Waals surface area contributed by atoms with Crippen LogP contribution in [0, 0.1) is 0 Å². The second-order valence-electron chi connectivity index (χ2n) is 3.68. The van der Waals surface area contributed by atoms with Gasteiger partial charge in [0.15, 0.2) is 6.29 Å². The van der Waals surface area contributed by atoms with E-state index in [1.807, 2.05) is 0 Å². The van der Waals surface area contributed by atoms with Gasteiger partial charge in [0.25, 0.3) is 0 Å². The zero-order chi connectivity index (χ0) is 12.8. The van der Waals surface area contributed by atoms with Gasteiger partial charge in [0.1, 0.15) is 12.2 Å².